The van der Waals surface area contributed by atoms with Gasteiger partial charge in [0.05, 0.1) is 6.04 Å². The average molecular weight is 233 g/mol. The van der Waals surface area contributed by atoms with E-state index in [1.807, 2.05) is 45.0 Å². The van der Waals surface area contributed by atoms with Crippen molar-refractivity contribution in [2.45, 2.75) is 33.2 Å². The van der Waals surface area contributed by atoms with Gasteiger partial charge in [0.2, 0.25) is 5.91 Å². The van der Waals surface area contributed by atoms with Crippen LogP contribution in [-0.4, -0.2) is 18.6 Å². The topological polar surface area (TPSA) is 38.3 Å². The van der Waals surface area contributed by atoms with E-state index in [9.17, 15) is 4.79 Å². The Bertz CT molecular complexity index is 420. The molecule has 1 N–H and O–H groups in total. The third-order valence-electron chi connectivity index (χ3n) is 2.90. The number of fused-ring (bicyclic) bond motifs is 1. The number of benzene rings is 1. The molecule has 0 saturated heterocycles. The number of hydrogen-bond acceptors (Lipinski definition) is 2. The number of ether oxygens (including phenoxy) is 1. The first-order valence-electron chi connectivity index (χ1n) is 5.98. The zero-order valence-electron chi connectivity index (χ0n) is 10.6. The van der Waals surface area contributed by atoms with Gasteiger partial charge in [0.25, 0.3) is 0 Å². The van der Waals surface area contributed by atoms with Gasteiger partial charge < -0.3 is 10.1 Å². The number of para-hydroxylation sites is 1. The average Bonchev–Trinajstić information content (AvgIpc) is 2.27. The van der Waals surface area contributed by atoms with Gasteiger partial charge in [0.15, 0.2) is 0 Å². The summed E-state index contributed by atoms with van der Waals surface area (Å²) in [4.78, 5) is 11.9. The predicted molar refractivity (Wildman–Crippen MR) is 67.0 cm³/mol. The normalized spacial score (nSPS) is 19.1. The Kier molecular flexibility index (Phi) is 3.09. The minimum atomic E-state index is -0.350. The maximum Gasteiger partial charge on any atom is 0.225 e. The molecule has 0 aliphatic carbocycles. The quantitative estimate of drug-likeness (QED) is 0.807. The number of carbonyl (C=O) groups is 1. The van der Waals surface area contributed by atoms with Crippen molar-refractivity contribution in [2.24, 2.45) is 5.41 Å². The van der Waals surface area contributed by atoms with Crippen molar-refractivity contribution < 1.29 is 9.53 Å². The van der Waals surface area contributed by atoms with Crippen LogP contribution in [0.15, 0.2) is 24.3 Å². The van der Waals surface area contributed by atoms with E-state index in [0.717, 1.165) is 17.7 Å². The maximum absolute atomic E-state index is 11.9. The van der Waals surface area contributed by atoms with E-state index in [2.05, 4.69) is 5.32 Å². The van der Waals surface area contributed by atoms with Crippen LogP contribution in [0.4, 0.5) is 0 Å². The van der Waals surface area contributed by atoms with Crippen LogP contribution in [0.5, 0.6) is 5.75 Å². The monoisotopic (exact) mass is 233 g/mol. The standard InChI is InChI=1S/C14H19NO2/c1-14(2,3)13(16)15-11-8-10-6-4-5-7-12(10)17-9-11/h4-7,11H,8-9H2,1-3H3,(H,15,16). The number of nitrogens with one attached hydrogen (secondary N) is 1. The minimum absolute atomic E-state index is 0.0745. The highest BCUT2D eigenvalue weighted by molar-refractivity contribution is 5.81. The zero-order chi connectivity index (χ0) is 12.5. The Morgan fingerprint density at radius 2 is 2.06 bits per heavy atom. The van der Waals surface area contributed by atoms with E-state index in [4.69, 9.17) is 4.74 Å². The van der Waals surface area contributed by atoms with Crippen LogP contribution in [0.2, 0.25) is 0 Å². The first-order valence-corrected chi connectivity index (χ1v) is 5.98. The molecule has 0 aromatic heterocycles. The molecule has 3 heteroatoms. The van der Waals surface area contributed by atoms with E-state index in [1.165, 1.54) is 0 Å². The van der Waals surface area contributed by atoms with Crippen LogP contribution < -0.4 is 10.1 Å². The molecule has 1 aliphatic rings. The number of carbonyl (C=O) groups excluding carboxylic acids is 1. The Morgan fingerprint density at radius 1 is 1.35 bits per heavy atom. The lowest BCUT2D eigenvalue weighted by atomic mass is 9.94. The fraction of sp³-hybridized carbons (Fsp3) is 0.500. The van der Waals surface area contributed by atoms with Crippen molar-refractivity contribution in [2.75, 3.05) is 6.61 Å². The molecular weight excluding hydrogens is 214 g/mol. The summed E-state index contributed by atoms with van der Waals surface area (Å²) >= 11 is 0. The van der Waals surface area contributed by atoms with E-state index in [0.29, 0.717) is 6.61 Å². The molecular formula is C14H19NO2. The molecule has 1 aliphatic heterocycles. The second-order valence-corrected chi connectivity index (χ2v) is 5.54. The van der Waals surface area contributed by atoms with Gasteiger partial charge in [-0.2, -0.15) is 0 Å². The van der Waals surface area contributed by atoms with Crippen molar-refractivity contribution in [1.29, 1.82) is 0 Å². The molecule has 1 atom stereocenters. The molecule has 0 bridgehead atoms. The van der Waals surface area contributed by atoms with Crippen molar-refractivity contribution in [3.8, 4) is 5.75 Å². The summed E-state index contributed by atoms with van der Waals surface area (Å²) in [5, 5.41) is 3.04. The Balaban J connectivity index is 2.01. The summed E-state index contributed by atoms with van der Waals surface area (Å²) < 4.78 is 5.63. The smallest absolute Gasteiger partial charge is 0.225 e. The molecule has 92 valence electrons. The van der Waals surface area contributed by atoms with Gasteiger partial charge in [-0.25, -0.2) is 0 Å². The molecule has 0 fully saturated rings. The number of amides is 1. The molecule has 1 unspecified atom stereocenters. The summed E-state index contributed by atoms with van der Waals surface area (Å²) in [6.45, 7) is 6.30. The summed E-state index contributed by atoms with van der Waals surface area (Å²) in [5.74, 6) is 1.01. The summed E-state index contributed by atoms with van der Waals surface area (Å²) in [5.41, 5.74) is 0.815. The van der Waals surface area contributed by atoms with Gasteiger partial charge in [0, 0.05) is 5.41 Å². The fourth-order valence-corrected chi connectivity index (χ4v) is 1.82. The lowest BCUT2D eigenvalue weighted by Gasteiger charge is -2.28. The first-order chi connectivity index (χ1) is 7.97. The van der Waals surface area contributed by atoms with E-state index in [-0.39, 0.29) is 17.4 Å². The van der Waals surface area contributed by atoms with Crippen LogP contribution in [0.25, 0.3) is 0 Å². The summed E-state index contributed by atoms with van der Waals surface area (Å²) in [6.07, 6.45) is 0.845. The Morgan fingerprint density at radius 3 is 2.76 bits per heavy atom. The van der Waals surface area contributed by atoms with Crippen LogP contribution in [0.1, 0.15) is 26.3 Å². The Labute approximate surface area is 102 Å². The summed E-state index contributed by atoms with van der Waals surface area (Å²) in [6, 6.07) is 8.06. The molecule has 1 heterocycles. The van der Waals surface area contributed by atoms with Gasteiger partial charge in [0.1, 0.15) is 12.4 Å². The van der Waals surface area contributed by atoms with E-state index in [1.54, 1.807) is 0 Å². The highest BCUT2D eigenvalue weighted by Gasteiger charge is 2.26. The molecule has 1 aromatic rings. The van der Waals surface area contributed by atoms with Crippen molar-refractivity contribution in [3.63, 3.8) is 0 Å². The van der Waals surface area contributed by atoms with E-state index < -0.39 is 0 Å². The fourth-order valence-electron chi connectivity index (χ4n) is 1.82. The third-order valence-corrected chi connectivity index (χ3v) is 2.90. The third kappa shape index (κ3) is 2.78. The molecule has 1 amide bonds. The van der Waals surface area contributed by atoms with E-state index >= 15 is 0 Å². The summed E-state index contributed by atoms with van der Waals surface area (Å²) in [7, 11) is 0. The lowest BCUT2D eigenvalue weighted by Crippen LogP contribution is -2.46. The maximum atomic E-state index is 11.9. The molecule has 3 nitrogen and oxygen atoms in total. The van der Waals surface area contributed by atoms with Crippen LogP contribution in [-0.2, 0) is 11.2 Å². The molecule has 2 rings (SSSR count). The second kappa shape index (κ2) is 4.40. The highest BCUT2D eigenvalue weighted by Crippen LogP contribution is 2.24. The van der Waals surface area contributed by atoms with Gasteiger partial charge in [-0.1, -0.05) is 39.0 Å². The zero-order valence-corrected chi connectivity index (χ0v) is 10.6. The Hall–Kier alpha value is -1.51. The molecule has 17 heavy (non-hydrogen) atoms. The molecule has 0 spiro atoms. The molecule has 0 saturated carbocycles. The lowest BCUT2D eigenvalue weighted by molar-refractivity contribution is -0.129. The van der Waals surface area contributed by atoms with Crippen LogP contribution >= 0.6 is 0 Å². The van der Waals surface area contributed by atoms with Crippen LogP contribution in [0.3, 0.4) is 0 Å². The van der Waals surface area contributed by atoms with Crippen molar-refractivity contribution in [1.82, 2.24) is 5.32 Å². The van der Waals surface area contributed by atoms with Gasteiger partial charge in [-0.15, -0.1) is 0 Å². The molecule has 0 radical (unpaired) electrons. The van der Waals surface area contributed by atoms with Crippen molar-refractivity contribution in [3.05, 3.63) is 29.8 Å². The predicted octanol–water partition coefficient (Wildman–Crippen LogP) is 2.15. The number of hydrogen-bond donors (Lipinski definition) is 1. The minimum Gasteiger partial charge on any atom is -0.491 e. The largest absolute Gasteiger partial charge is 0.491 e. The van der Waals surface area contributed by atoms with Gasteiger partial charge in [-0.3, -0.25) is 4.79 Å². The van der Waals surface area contributed by atoms with Gasteiger partial charge >= 0.3 is 0 Å². The molecule has 1 aromatic carbocycles. The second-order valence-electron chi connectivity index (χ2n) is 5.54. The van der Waals surface area contributed by atoms with Crippen molar-refractivity contribution >= 4 is 5.91 Å². The van der Waals surface area contributed by atoms with Gasteiger partial charge in [-0.05, 0) is 18.1 Å². The SMILES string of the molecule is CC(C)(C)C(=O)NC1COc2ccccc2C1. The first kappa shape index (κ1) is 12.0. The number of rotatable bonds is 1. The van der Waals surface area contributed by atoms with Crippen LogP contribution in [0, 0.1) is 5.41 Å². The highest BCUT2D eigenvalue weighted by atomic mass is 16.5.